The number of aromatic hydroxyl groups is 1. The number of carboxylic acids is 1. The summed E-state index contributed by atoms with van der Waals surface area (Å²) in [6.07, 6.45) is 2.77. The average Bonchev–Trinajstić information content (AvgIpc) is 3.76. The fourth-order valence-electron chi connectivity index (χ4n) is 6.14. The molecule has 0 unspecified atom stereocenters. The van der Waals surface area contributed by atoms with Gasteiger partial charge in [-0.2, -0.15) is 0 Å². The molecule has 0 spiro atoms. The number of hydrogen-bond acceptors (Lipinski definition) is 7. The Hall–Kier alpha value is -5.69. The number of carbonyl (C=O) groups is 5. The molecule has 3 aromatic carbocycles. The molecular weight excluding hydrogens is 628 g/mol. The summed E-state index contributed by atoms with van der Waals surface area (Å²) in [4.78, 5) is 70.7. The summed E-state index contributed by atoms with van der Waals surface area (Å²) in [5.41, 5.74) is 8.49. The summed E-state index contributed by atoms with van der Waals surface area (Å²) in [7, 11) is 0. The third-order valence-electron chi connectivity index (χ3n) is 8.66. The van der Waals surface area contributed by atoms with Crippen LogP contribution in [-0.2, 0) is 43.2 Å². The van der Waals surface area contributed by atoms with Crippen LogP contribution >= 0.6 is 0 Å². The summed E-state index contributed by atoms with van der Waals surface area (Å²) < 4.78 is 0. The number of carbonyl (C=O) groups excluding carboxylic acids is 4. The maximum Gasteiger partial charge on any atom is 0.326 e. The van der Waals surface area contributed by atoms with Gasteiger partial charge in [0, 0.05) is 42.9 Å². The van der Waals surface area contributed by atoms with Gasteiger partial charge in [-0.1, -0.05) is 60.7 Å². The van der Waals surface area contributed by atoms with E-state index in [0.717, 1.165) is 22.0 Å². The Labute approximate surface area is 282 Å². The molecule has 0 saturated carbocycles. The Morgan fingerprint density at radius 1 is 0.816 bits per heavy atom. The summed E-state index contributed by atoms with van der Waals surface area (Å²) in [6.45, 7) is -0.0888. The smallest absolute Gasteiger partial charge is 0.326 e. The molecule has 13 heteroatoms. The van der Waals surface area contributed by atoms with Crippen LogP contribution in [-0.4, -0.2) is 87.0 Å². The van der Waals surface area contributed by atoms with E-state index < -0.39 is 53.8 Å². The van der Waals surface area contributed by atoms with Gasteiger partial charge in [0.1, 0.15) is 29.9 Å². The number of nitrogens with one attached hydrogen (secondary N) is 4. The second-order valence-electron chi connectivity index (χ2n) is 12.1. The van der Waals surface area contributed by atoms with E-state index in [-0.39, 0.29) is 38.1 Å². The number of aromatic nitrogens is 1. The van der Waals surface area contributed by atoms with E-state index >= 15 is 0 Å². The zero-order chi connectivity index (χ0) is 34.9. The maximum absolute atomic E-state index is 13.9. The molecule has 0 bridgehead atoms. The summed E-state index contributed by atoms with van der Waals surface area (Å²) >= 11 is 0. The van der Waals surface area contributed by atoms with Crippen molar-refractivity contribution in [3.05, 3.63) is 102 Å². The normalized spacial score (nSPS) is 16.0. The Morgan fingerprint density at radius 3 is 2.20 bits per heavy atom. The molecule has 4 amide bonds. The molecular formula is C36H40N6O7. The van der Waals surface area contributed by atoms with Crippen LogP contribution < -0.4 is 21.7 Å². The van der Waals surface area contributed by atoms with Crippen molar-refractivity contribution < 1.29 is 34.2 Å². The standard InChI is InChI=1S/C36H40N6O7/c37-20-32(44)39-29(17-23-12-14-25(43)15-13-23)35(47)42-16-6-11-31(42)34(46)40-28(19-24-21-38-27-10-5-4-9-26(24)27)33(45)41-30(36(48)49)18-22-7-2-1-3-8-22/h1-5,7-10,12-15,21,28-31,38,43H,6,11,16-20,37H2,(H,39,44)(H,40,46)(H,41,45)(H,48,49)/t28-,29-,30+,31+/m1/s1. The number of phenolic OH excluding ortho intramolecular Hbond substituents is 1. The van der Waals surface area contributed by atoms with E-state index in [4.69, 9.17) is 5.73 Å². The number of aliphatic carboxylic acids is 1. The Balaban J connectivity index is 1.37. The molecule has 4 aromatic rings. The summed E-state index contributed by atoms with van der Waals surface area (Å²) in [5.74, 6) is -3.46. The van der Waals surface area contributed by atoms with Crippen molar-refractivity contribution in [1.82, 2.24) is 25.8 Å². The first-order valence-electron chi connectivity index (χ1n) is 16.1. The average molecular weight is 669 g/mol. The van der Waals surface area contributed by atoms with E-state index in [9.17, 15) is 34.2 Å². The van der Waals surface area contributed by atoms with E-state index in [1.54, 1.807) is 42.6 Å². The highest BCUT2D eigenvalue weighted by Crippen LogP contribution is 2.23. The summed E-state index contributed by atoms with van der Waals surface area (Å²) in [6, 6.07) is 18.2. The zero-order valence-corrected chi connectivity index (χ0v) is 26.8. The van der Waals surface area contributed by atoms with Gasteiger partial charge in [-0.3, -0.25) is 19.2 Å². The number of hydrogen-bond donors (Lipinski definition) is 7. The lowest BCUT2D eigenvalue weighted by Crippen LogP contribution is -2.58. The number of para-hydroxylation sites is 1. The number of phenols is 1. The van der Waals surface area contributed by atoms with Crippen LogP contribution in [0.3, 0.4) is 0 Å². The van der Waals surface area contributed by atoms with Crippen molar-refractivity contribution in [3.8, 4) is 5.75 Å². The third kappa shape index (κ3) is 8.82. The van der Waals surface area contributed by atoms with Crippen LogP contribution in [0.1, 0.15) is 29.5 Å². The number of rotatable bonds is 14. The van der Waals surface area contributed by atoms with Crippen LogP contribution in [0.5, 0.6) is 5.75 Å². The van der Waals surface area contributed by atoms with Crippen molar-refractivity contribution in [2.45, 2.75) is 56.3 Å². The van der Waals surface area contributed by atoms with Crippen molar-refractivity contribution in [1.29, 1.82) is 0 Å². The molecule has 1 saturated heterocycles. The van der Waals surface area contributed by atoms with Crippen molar-refractivity contribution >= 4 is 40.5 Å². The SMILES string of the molecule is NCC(=O)N[C@H](Cc1ccc(O)cc1)C(=O)N1CCC[C@H]1C(=O)N[C@H](Cc1c[nH]c2ccccc12)C(=O)N[C@@H](Cc1ccccc1)C(=O)O. The molecule has 0 radical (unpaired) electrons. The number of amides is 4. The van der Waals surface area contributed by atoms with Gasteiger partial charge in [0.25, 0.3) is 0 Å². The molecule has 256 valence electrons. The molecule has 5 rings (SSSR count). The van der Waals surface area contributed by atoms with Gasteiger partial charge >= 0.3 is 5.97 Å². The van der Waals surface area contributed by atoms with Gasteiger partial charge in [-0.05, 0) is 47.7 Å². The third-order valence-corrected chi connectivity index (χ3v) is 8.66. The molecule has 1 aromatic heterocycles. The van der Waals surface area contributed by atoms with Crippen LogP contribution in [0.25, 0.3) is 10.9 Å². The quantitative estimate of drug-likeness (QED) is 0.104. The van der Waals surface area contributed by atoms with Crippen molar-refractivity contribution in [2.75, 3.05) is 13.1 Å². The predicted octanol–water partition coefficient (Wildman–Crippen LogP) is 1.39. The van der Waals surface area contributed by atoms with E-state index in [1.807, 2.05) is 30.3 Å². The number of likely N-dealkylation sites (tertiary alicyclic amines) is 1. The van der Waals surface area contributed by atoms with E-state index in [0.29, 0.717) is 18.4 Å². The van der Waals surface area contributed by atoms with Gasteiger partial charge in [-0.15, -0.1) is 0 Å². The molecule has 49 heavy (non-hydrogen) atoms. The molecule has 1 aliphatic rings. The maximum atomic E-state index is 13.9. The Morgan fingerprint density at radius 2 is 1.49 bits per heavy atom. The topological polar surface area (TPSA) is 207 Å². The first-order chi connectivity index (χ1) is 23.6. The minimum Gasteiger partial charge on any atom is -0.508 e. The number of carboxylic acid groups (broad SMARTS) is 1. The fraction of sp³-hybridized carbons (Fsp3) is 0.306. The first kappa shape index (κ1) is 34.6. The van der Waals surface area contributed by atoms with Gasteiger partial charge in [-0.25, -0.2) is 4.79 Å². The minimum atomic E-state index is -1.26. The lowest BCUT2D eigenvalue weighted by atomic mass is 10.0. The van der Waals surface area contributed by atoms with Crippen LogP contribution in [0.4, 0.5) is 0 Å². The van der Waals surface area contributed by atoms with Crippen LogP contribution in [0.15, 0.2) is 85.1 Å². The van der Waals surface area contributed by atoms with Crippen molar-refractivity contribution in [2.24, 2.45) is 5.73 Å². The predicted molar refractivity (Wildman–Crippen MR) is 181 cm³/mol. The number of benzene rings is 3. The number of aromatic amines is 1. The van der Waals surface area contributed by atoms with Gasteiger partial charge < -0.3 is 41.8 Å². The fourth-order valence-corrected chi connectivity index (χ4v) is 6.14. The number of nitrogens with two attached hydrogens (primary N) is 1. The zero-order valence-electron chi connectivity index (χ0n) is 26.8. The first-order valence-corrected chi connectivity index (χ1v) is 16.1. The van der Waals surface area contributed by atoms with Gasteiger partial charge in [0.2, 0.25) is 23.6 Å². The second-order valence-corrected chi connectivity index (χ2v) is 12.1. The van der Waals surface area contributed by atoms with Gasteiger partial charge in [0.15, 0.2) is 0 Å². The lowest BCUT2D eigenvalue weighted by molar-refractivity contribution is -0.143. The van der Waals surface area contributed by atoms with E-state index in [2.05, 4.69) is 20.9 Å². The van der Waals surface area contributed by atoms with Crippen LogP contribution in [0, 0.1) is 0 Å². The molecule has 2 heterocycles. The molecule has 4 atom stereocenters. The monoisotopic (exact) mass is 668 g/mol. The second kappa shape index (κ2) is 15.9. The lowest BCUT2D eigenvalue weighted by Gasteiger charge is -2.30. The van der Waals surface area contributed by atoms with Crippen molar-refractivity contribution in [3.63, 3.8) is 0 Å². The number of nitrogens with zero attached hydrogens (tertiary/aromatic N) is 1. The molecule has 13 nitrogen and oxygen atoms in total. The summed E-state index contributed by atoms with van der Waals surface area (Å²) in [5, 5.41) is 28.6. The number of fused-ring (bicyclic) bond motifs is 1. The largest absolute Gasteiger partial charge is 0.508 e. The van der Waals surface area contributed by atoms with Gasteiger partial charge in [0.05, 0.1) is 6.54 Å². The molecule has 1 aliphatic heterocycles. The highest BCUT2D eigenvalue weighted by Gasteiger charge is 2.39. The highest BCUT2D eigenvalue weighted by atomic mass is 16.4. The minimum absolute atomic E-state index is 0.0392. The highest BCUT2D eigenvalue weighted by molar-refractivity contribution is 5.96. The van der Waals surface area contributed by atoms with E-state index in [1.165, 1.54) is 17.0 Å². The number of H-pyrrole nitrogens is 1. The molecule has 1 fully saturated rings. The molecule has 8 N–H and O–H groups in total. The Kier molecular flexibility index (Phi) is 11.3. The Bertz CT molecular complexity index is 1790. The molecule has 0 aliphatic carbocycles. The van der Waals surface area contributed by atoms with Crippen LogP contribution in [0.2, 0.25) is 0 Å².